The molecule has 0 amide bonds. The molecule has 2 aromatic rings. The van der Waals surface area contributed by atoms with E-state index in [1.807, 2.05) is 0 Å². The van der Waals surface area contributed by atoms with Crippen LogP contribution in [0, 0.1) is 0 Å². The molecule has 0 heterocycles. The Balaban J connectivity index is 2.16. The van der Waals surface area contributed by atoms with Crippen molar-refractivity contribution in [2.75, 3.05) is 20.7 Å². The Morgan fingerprint density at radius 1 is 1.22 bits per heavy atom. The van der Waals surface area contributed by atoms with Crippen LogP contribution in [0.3, 0.4) is 0 Å². The minimum absolute atomic E-state index is 0.0713. The monoisotopic (exact) mass is 355 g/mol. The zero-order valence-electron chi connectivity index (χ0n) is 12.8. The molecular weight excluding hydrogens is 338 g/mol. The zero-order valence-corrected chi connectivity index (χ0v) is 14.4. The maximum absolute atomic E-state index is 12.5. The number of sulfonamides is 1. The second-order valence-corrected chi connectivity index (χ2v) is 7.51. The van der Waals surface area contributed by atoms with Gasteiger partial charge in [-0.05, 0) is 42.0 Å². The Labute approximate surface area is 141 Å². The molecule has 0 aromatic heterocycles. The van der Waals surface area contributed by atoms with Crippen LogP contribution in [0.4, 0.5) is 0 Å². The summed E-state index contributed by atoms with van der Waals surface area (Å²) in [5.41, 5.74) is 0.586. The molecule has 1 N–H and O–H groups in total. The molecule has 0 fully saturated rings. The van der Waals surface area contributed by atoms with Gasteiger partial charge in [-0.1, -0.05) is 23.7 Å². The van der Waals surface area contributed by atoms with Crippen LogP contribution in [-0.4, -0.2) is 38.5 Å². The van der Waals surface area contributed by atoms with Crippen LogP contribution in [0.25, 0.3) is 0 Å². The summed E-state index contributed by atoms with van der Waals surface area (Å²) < 4.78 is 31.2. The van der Waals surface area contributed by atoms with E-state index in [4.69, 9.17) is 16.3 Å². The molecule has 7 heteroatoms. The number of likely N-dealkylation sites (N-methyl/N-ethyl adjacent to an activating group) is 1. The highest BCUT2D eigenvalue weighted by molar-refractivity contribution is 7.89. The van der Waals surface area contributed by atoms with Gasteiger partial charge in [-0.25, -0.2) is 8.42 Å². The summed E-state index contributed by atoms with van der Waals surface area (Å²) >= 11 is 5.77. The molecule has 0 aliphatic heterocycles. The van der Waals surface area contributed by atoms with E-state index in [2.05, 4.69) is 0 Å². The number of halogens is 1. The van der Waals surface area contributed by atoms with E-state index >= 15 is 0 Å². The molecule has 5 nitrogen and oxygen atoms in total. The lowest BCUT2D eigenvalue weighted by molar-refractivity contribution is 0.154. The number of aliphatic hydroxyl groups excluding tert-OH is 1. The summed E-state index contributed by atoms with van der Waals surface area (Å²) in [6, 6.07) is 12.8. The minimum atomic E-state index is -3.69. The quantitative estimate of drug-likeness (QED) is 0.865. The van der Waals surface area contributed by atoms with Crippen molar-refractivity contribution in [2.45, 2.75) is 11.0 Å². The van der Waals surface area contributed by atoms with Crippen LogP contribution in [0.2, 0.25) is 5.02 Å². The third-order valence-electron chi connectivity index (χ3n) is 3.43. The van der Waals surface area contributed by atoms with Crippen molar-refractivity contribution in [3.8, 4) is 5.75 Å². The van der Waals surface area contributed by atoms with Crippen LogP contribution in [0.5, 0.6) is 5.75 Å². The minimum Gasteiger partial charge on any atom is -0.497 e. The second-order valence-electron chi connectivity index (χ2n) is 5.03. The van der Waals surface area contributed by atoms with Gasteiger partial charge in [-0.3, -0.25) is 0 Å². The van der Waals surface area contributed by atoms with E-state index < -0.39 is 16.1 Å². The Morgan fingerprint density at radius 3 is 2.48 bits per heavy atom. The normalized spacial score (nSPS) is 13.1. The first-order chi connectivity index (χ1) is 10.8. The highest BCUT2D eigenvalue weighted by atomic mass is 35.5. The van der Waals surface area contributed by atoms with Gasteiger partial charge >= 0.3 is 0 Å². The van der Waals surface area contributed by atoms with E-state index in [-0.39, 0.29) is 11.4 Å². The van der Waals surface area contributed by atoms with Crippen LogP contribution in [-0.2, 0) is 10.0 Å². The topological polar surface area (TPSA) is 66.8 Å². The van der Waals surface area contributed by atoms with Crippen LogP contribution in [0.15, 0.2) is 53.4 Å². The van der Waals surface area contributed by atoms with Gasteiger partial charge in [0.25, 0.3) is 0 Å². The summed E-state index contributed by atoms with van der Waals surface area (Å²) in [5.74, 6) is 0.602. The average molecular weight is 356 g/mol. The number of benzene rings is 2. The lowest BCUT2D eigenvalue weighted by Gasteiger charge is -2.21. The average Bonchev–Trinajstić information content (AvgIpc) is 2.55. The summed E-state index contributed by atoms with van der Waals surface area (Å²) in [7, 11) is -0.737. The molecule has 0 aliphatic carbocycles. The number of ether oxygens (including phenoxy) is 1. The Bertz CT molecular complexity index is 762. The van der Waals surface area contributed by atoms with Crippen molar-refractivity contribution in [3.63, 3.8) is 0 Å². The maximum atomic E-state index is 12.5. The first-order valence-corrected chi connectivity index (χ1v) is 8.70. The molecule has 1 atom stereocenters. The van der Waals surface area contributed by atoms with E-state index in [1.165, 1.54) is 38.4 Å². The second kappa shape index (κ2) is 7.31. The van der Waals surface area contributed by atoms with Gasteiger partial charge in [0.2, 0.25) is 10.0 Å². The van der Waals surface area contributed by atoms with Gasteiger partial charge in [0.05, 0.1) is 18.1 Å². The van der Waals surface area contributed by atoms with Crippen LogP contribution < -0.4 is 4.74 Å². The SMILES string of the molecule is COc1cccc(C(O)CN(C)S(=O)(=O)c2ccc(Cl)cc2)c1. The molecule has 0 saturated carbocycles. The lowest BCUT2D eigenvalue weighted by Crippen LogP contribution is -2.31. The van der Waals surface area contributed by atoms with Crippen molar-refractivity contribution < 1.29 is 18.3 Å². The van der Waals surface area contributed by atoms with E-state index in [1.54, 1.807) is 24.3 Å². The number of rotatable bonds is 6. The molecule has 0 saturated heterocycles. The summed E-state index contributed by atoms with van der Waals surface area (Å²) in [6.07, 6.45) is -0.961. The number of hydrogen-bond acceptors (Lipinski definition) is 4. The largest absolute Gasteiger partial charge is 0.497 e. The Kier molecular flexibility index (Phi) is 5.64. The van der Waals surface area contributed by atoms with Crippen molar-refractivity contribution in [1.29, 1.82) is 0 Å². The van der Waals surface area contributed by atoms with Gasteiger partial charge in [-0.15, -0.1) is 0 Å². The first kappa shape index (κ1) is 17.7. The third kappa shape index (κ3) is 4.23. The predicted molar refractivity (Wildman–Crippen MR) is 89.2 cm³/mol. The fourth-order valence-electron chi connectivity index (χ4n) is 2.08. The van der Waals surface area contributed by atoms with Crippen LogP contribution in [0.1, 0.15) is 11.7 Å². The van der Waals surface area contributed by atoms with Crippen LogP contribution >= 0.6 is 11.6 Å². The first-order valence-electron chi connectivity index (χ1n) is 6.88. The molecule has 2 aromatic carbocycles. The lowest BCUT2D eigenvalue weighted by atomic mass is 10.1. The molecule has 124 valence electrons. The number of hydrogen-bond donors (Lipinski definition) is 1. The molecule has 0 radical (unpaired) electrons. The van der Waals surface area contributed by atoms with Crippen molar-refractivity contribution in [2.24, 2.45) is 0 Å². The highest BCUT2D eigenvalue weighted by Gasteiger charge is 2.23. The molecule has 0 aliphatic rings. The van der Waals surface area contributed by atoms with Gasteiger partial charge < -0.3 is 9.84 Å². The molecular formula is C16H18ClNO4S. The van der Waals surface area contributed by atoms with Gasteiger partial charge in [0.15, 0.2) is 0 Å². The van der Waals surface area contributed by atoms with E-state index in [0.717, 1.165) is 4.31 Å². The number of methoxy groups -OCH3 is 1. The van der Waals surface area contributed by atoms with Crippen molar-refractivity contribution in [1.82, 2.24) is 4.31 Å². The highest BCUT2D eigenvalue weighted by Crippen LogP contribution is 2.23. The summed E-state index contributed by atoms with van der Waals surface area (Å²) in [5, 5.41) is 10.7. The molecule has 1 unspecified atom stereocenters. The molecule has 0 bridgehead atoms. The Hall–Kier alpha value is -1.60. The maximum Gasteiger partial charge on any atom is 0.242 e. The van der Waals surface area contributed by atoms with E-state index in [0.29, 0.717) is 16.3 Å². The zero-order chi connectivity index (χ0) is 17.0. The standard InChI is InChI=1S/C16H18ClNO4S/c1-18(23(20,21)15-8-6-13(17)7-9-15)11-16(19)12-4-3-5-14(10-12)22-2/h3-10,16,19H,11H2,1-2H3. The number of nitrogens with zero attached hydrogens (tertiary/aromatic N) is 1. The van der Waals surface area contributed by atoms with E-state index in [9.17, 15) is 13.5 Å². The van der Waals surface area contributed by atoms with Crippen molar-refractivity contribution >= 4 is 21.6 Å². The van der Waals surface area contributed by atoms with Crippen molar-refractivity contribution in [3.05, 3.63) is 59.1 Å². The molecule has 0 spiro atoms. The third-order valence-corrected chi connectivity index (χ3v) is 5.52. The summed E-state index contributed by atoms with van der Waals surface area (Å²) in [6.45, 7) is -0.0713. The Morgan fingerprint density at radius 2 is 1.87 bits per heavy atom. The fraction of sp³-hybridized carbons (Fsp3) is 0.250. The summed E-state index contributed by atoms with van der Waals surface area (Å²) in [4.78, 5) is 0.127. The fourth-order valence-corrected chi connectivity index (χ4v) is 3.39. The predicted octanol–water partition coefficient (Wildman–Crippen LogP) is 2.70. The van der Waals surface area contributed by atoms with Gasteiger partial charge in [-0.2, -0.15) is 4.31 Å². The smallest absolute Gasteiger partial charge is 0.242 e. The van der Waals surface area contributed by atoms with Gasteiger partial charge in [0, 0.05) is 18.6 Å². The molecule has 23 heavy (non-hydrogen) atoms. The molecule has 2 rings (SSSR count). The van der Waals surface area contributed by atoms with Gasteiger partial charge in [0.1, 0.15) is 5.75 Å². The number of aliphatic hydroxyl groups is 1.